The molecule has 2 heterocycles. The van der Waals surface area contributed by atoms with E-state index in [1.807, 2.05) is 53.2 Å². The number of carbonyl (C=O) groups is 1. The Hall–Kier alpha value is -2.62. The van der Waals surface area contributed by atoms with Crippen molar-refractivity contribution in [1.82, 2.24) is 14.7 Å². The fourth-order valence-corrected chi connectivity index (χ4v) is 2.29. The average Bonchev–Trinajstić information content (AvgIpc) is 2.90. The highest BCUT2D eigenvalue weighted by molar-refractivity contribution is 5.78. The maximum atomic E-state index is 11.9. The van der Waals surface area contributed by atoms with Crippen LogP contribution in [0.15, 0.2) is 60.9 Å². The van der Waals surface area contributed by atoms with Crippen LogP contribution < -0.4 is 5.32 Å². The topological polar surface area (TPSA) is 46.4 Å². The van der Waals surface area contributed by atoms with Crippen LogP contribution in [0.1, 0.15) is 11.3 Å². The zero-order chi connectivity index (χ0) is 14.5. The second kappa shape index (κ2) is 6.22. The molecule has 0 atom stereocenters. The molecule has 0 radical (unpaired) electrons. The van der Waals surface area contributed by atoms with Gasteiger partial charge in [0.1, 0.15) is 5.65 Å². The molecule has 0 saturated carbocycles. The smallest absolute Gasteiger partial charge is 0.226 e. The molecule has 0 fully saturated rings. The SMILES string of the molecule is O=C(Cc1cn2ccccc2n1)NCCc1ccccc1. The van der Waals surface area contributed by atoms with Gasteiger partial charge in [0, 0.05) is 18.9 Å². The van der Waals surface area contributed by atoms with E-state index in [4.69, 9.17) is 0 Å². The molecule has 1 N–H and O–H groups in total. The zero-order valence-corrected chi connectivity index (χ0v) is 11.7. The number of hydrogen-bond donors (Lipinski definition) is 1. The molecule has 0 aliphatic heterocycles. The first-order valence-electron chi connectivity index (χ1n) is 7.04. The van der Waals surface area contributed by atoms with Crippen molar-refractivity contribution in [3.05, 3.63) is 72.2 Å². The Kier molecular flexibility index (Phi) is 3.96. The molecular weight excluding hydrogens is 262 g/mol. The van der Waals surface area contributed by atoms with Gasteiger partial charge in [0.05, 0.1) is 12.1 Å². The van der Waals surface area contributed by atoms with E-state index >= 15 is 0 Å². The third kappa shape index (κ3) is 3.48. The molecule has 1 amide bonds. The van der Waals surface area contributed by atoms with Gasteiger partial charge in [-0.3, -0.25) is 4.79 Å². The number of amides is 1. The number of fused-ring (bicyclic) bond motifs is 1. The molecule has 106 valence electrons. The minimum absolute atomic E-state index is 0.00865. The standard InChI is InChI=1S/C17H17N3O/c21-17(18-10-9-14-6-2-1-3-7-14)12-15-13-20-11-5-4-8-16(20)19-15/h1-8,11,13H,9-10,12H2,(H,18,21). The molecular formula is C17H17N3O. The van der Waals surface area contributed by atoms with Crippen molar-refractivity contribution >= 4 is 11.6 Å². The van der Waals surface area contributed by atoms with E-state index in [1.165, 1.54) is 5.56 Å². The van der Waals surface area contributed by atoms with Gasteiger partial charge in [-0.25, -0.2) is 4.98 Å². The third-order valence-electron chi connectivity index (χ3n) is 3.33. The number of aromatic nitrogens is 2. The lowest BCUT2D eigenvalue weighted by atomic mass is 10.1. The molecule has 0 aliphatic carbocycles. The van der Waals surface area contributed by atoms with Crippen LogP contribution in [-0.2, 0) is 17.6 Å². The predicted octanol–water partition coefficient (Wildman–Crippen LogP) is 2.24. The van der Waals surface area contributed by atoms with Crippen LogP contribution in [0.4, 0.5) is 0 Å². The maximum absolute atomic E-state index is 11.9. The van der Waals surface area contributed by atoms with Crippen molar-refractivity contribution in [2.75, 3.05) is 6.54 Å². The van der Waals surface area contributed by atoms with Crippen molar-refractivity contribution < 1.29 is 4.79 Å². The molecule has 21 heavy (non-hydrogen) atoms. The van der Waals surface area contributed by atoms with E-state index < -0.39 is 0 Å². The van der Waals surface area contributed by atoms with Crippen molar-refractivity contribution in [1.29, 1.82) is 0 Å². The van der Waals surface area contributed by atoms with Gasteiger partial charge in [0.2, 0.25) is 5.91 Å². The summed E-state index contributed by atoms with van der Waals surface area (Å²) in [4.78, 5) is 16.3. The molecule has 3 rings (SSSR count). The molecule has 4 nitrogen and oxygen atoms in total. The number of imidazole rings is 1. The Morgan fingerprint density at radius 2 is 1.90 bits per heavy atom. The Morgan fingerprint density at radius 3 is 2.71 bits per heavy atom. The largest absolute Gasteiger partial charge is 0.355 e. The van der Waals surface area contributed by atoms with E-state index in [0.29, 0.717) is 13.0 Å². The Bertz CT molecular complexity index is 701. The summed E-state index contributed by atoms with van der Waals surface area (Å²) in [5.41, 5.74) is 2.88. The maximum Gasteiger partial charge on any atom is 0.226 e. The molecule has 0 saturated heterocycles. The molecule has 0 spiro atoms. The minimum Gasteiger partial charge on any atom is -0.355 e. The summed E-state index contributed by atoms with van der Waals surface area (Å²) in [7, 11) is 0. The van der Waals surface area contributed by atoms with Gasteiger partial charge in [-0.2, -0.15) is 0 Å². The van der Waals surface area contributed by atoms with Crippen LogP contribution in [0.2, 0.25) is 0 Å². The first kappa shape index (κ1) is 13.4. The Labute approximate surface area is 123 Å². The molecule has 0 bridgehead atoms. The molecule has 0 unspecified atom stereocenters. The quantitative estimate of drug-likeness (QED) is 0.778. The van der Waals surface area contributed by atoms with Crippen LogP contribution in [0.25, 0.3) is 5.65 Å². The molecule has 2 aromatic heterocycles. The van der Waals surface area contributed by atoms with E-state index in [9.17, 15) is 4.79 Å². The highest BCUT2D eigenvalue weighted by atomic mass is 16.1. The first-order valence-corrected chi connectivity index (χ1v) is 7.04. The van der Waals surface area contributed by atoms with Gasteiger partial charge in [-0.05, 0) is 24.1 Å². The fourth-order valence-electron chi connectivity index (χ4n) is 2.29. The first-order chi connectivity index (χ1) is 10.3. The van der Waals surface area contributed by atoms with Crippen molar-refractivity contribution in [2.45, 2.75) is 12.8 Å². The van der Waals surface area contributed by atoms with E-state index in [-0.39, 0.29) is 5.91 Å². The number of benzene rings is 1. The lowest BCUT2D eigenvalue weighted by molar-refractivity contribution is -0.120. The molecule has 4 heteroatoms. The van der Waals surface area contributed by atoms with Gasteiger partial charge < -0.3 is 9.72 Å². The highest BCUT2D eigenvalue weighted by Gasteiger charge is 2.06. The number of hydrogen-bond acceptors (Lipinski definition) is 2. The lowest BCUT2D eigenvalue weighted by Crippen LogP contribution is -2.27. The lowest BCUT2D eigenvalue weighted by Gasteiger charge is -2.04. The normalized spacial score (nSPS) is 10.7. The van der Waals surface area contributed by atoms with E-state index in [1.54, 1.807) is 0 Å². The van der Waals surface area contributed by atoms with E-state index in [2.05, 4.69) is 22.4 Å². The number of nitrogens with zero attached hydrogens (tertiary/aromatic N) is 2. The summed E-state index contributed by atoms with van der Waals surface area (Å²) in [6, 6.07) is 15.9. The summed E-state index contributed by atoms with van der Waals surface area (Å²) in [6.07, 6.45) is 4.99. The van der Waals surface area contributed by atoms with Crippen LogP contribution in [0, 0.1) is 0 Å². The highest BCUT2D eigenvalue weighted by Crippen LogP contribution is 2.05. The summed E-state index contributed by atoms with van der Waals surface area (Å²) < 4.78 is 1.92. The number of nitrogens with one attached hydrogen (secondary N) is 1. The van der Waals surface area contributed by atoms with Crippen LogP contribution in [0.5, 0.6) is 0 Å². The van der Waals surface area contributed by atoms with Crippen LogP contribution in [0.3, 0.4) is 0 Å². The van der Waals surface area contributed by atoms with Crippen molar-refractivity contribution in [2.24, 2.45) is 0 Å². The molecule has 3 aromatic rings. The van der Waals surface area contributed by atoms with Gasteiger partial charge in [0.15, 0.2) is 0 Å². The van der Waals surface area contributed by atoms with Gasteiger partial charge in [-0.1, -0.05) is 36.4 Å². The summed E-state index contributed by atoms with van der Waals surface area (Å²) in [5.74, 6) is 0.00865. The van der Waals surface area contributed by atoms with E-state index in [0.717, 1.165) is 17.8 Å². The van der Waals surface area contributed by atoms with Gasteiger partial charge >= 0.3 is 0 Å². The number of rotatable bonds is 5. The third-order valence-corrected chi connectivity index (χ3v) is 3.33. The monoisotopic (exact) mass is 279 g/mol. The summed E-state index contributed by atoms with van der Waals surface area (Å²) in [5, 5.41) is 2.94. The second-order valence-electron chi connectivity index (χ2n) is 4.96. The average molecular weight is 279 g/mol. The summed E-state index contributed by atoms with van der Waals surface area (Å²) >= 11 is 0. The second-order valence-corrected chi connectivity index (χ2v) is 4.96. The fraction of sp³-hybridized carbons (Fsp3) is 0.176. The number of pyridine rings is 1. The minimum atomic E-state index is 0.00865. The molecule has 0 aliphatic rings. The Balaban J connectivity index is 1.52. The Morgan fingerprint density at radius 1 is 1.10 bits per heavy atom. The summed E-state index contributed by atoms with van der Waals surface area (Å²) in [6.45, 7) is 0.649. The van der Waals surface area contributed by atoms with Crippen molar-refractivity contribution in [3.8, 4) is 0 Å². The van der Waals surface area contributed by atoms with Gasteiger partial charge in [0.25, 0.3) is 0 Å². The number of carbonyl (C=O) groups excluding carboxylic acids is 1. The van der Waals surface area contributed by atoms with Gasteiger partial charge in [-0.15, -0.1) is 0 Å². The zero-order valence-electron chi connectivity index (χ0n) is 11.7. The van der Waals surface area contributed by atoms with Crippen LogP contribution >= 0.6 is 0 Å². The molecule has 1 aromatic carbocycles. The predicted molar refractivity (Wildman–Crippen MR) is 82.1 cm³/mol. The van der Waals surface area contributed by atoms with Crippen LogP contribution in [-0.4, -0.2) is 21.8 Å². The van der Waals surface area contributed by atoms with Crippen molar-refractivity contribution in [3.63, 3.8) is 0 Å².